The van der Waals surface area contributed by atoms with Gasteiger partial charge in [0.05, 0.1) is 0 Å². The first-order valence-electron chi connectivity index (χ1n) is 8.84. The van der Waals surface area contributed by atoms with Crippen LogP contribution in [-0.4, -0.2) is 12.0 Å². The quantitative estimate of drug-likeness (QED) is 0.375. The summed E-state index contributed by atoms with van der Waals surface area (Å²) in [5.74, 6) is -0.364. The number of ether oxygens (including phenoxy) is 2. The Hall–Kier alpha value is -3.87. The zero-order valence-corrected chi connectivity index (χ0v) is 15.6. The van der Waals surface area contributed by atoms with E-state index in [2.05, 4.69) is 0 Å². The molecular weight excluding hydrogens is 371 g/mol. The van der Waals surface area contributed by atoms with Gasteiger partial charge >= 0.3 is 0 Å². The van der Waals surface area contributed by atoms with Crippen LogP contribution in [0.25, 0.3) is 22.3 Å². The van der Waals surface area contributed by atoms with Crippen LogP contribution in [0.1, 0.15) is 11.1 Å². The standard InChI is InChI=1S/C22H21FN4O2/c23-20-11-15(13-29-22(26)27)3-10-19(20)18-8-6-17(7-9-18)16-4-1-14(2-5-16)12-28-21(24)25/h1-11H,12-13H2,(H3,24,25)(H3,26,27). The van der Waals surface area contributed by atoms with E-state index >= 15 is 0 Å². The van der Waals surface area contributed by atoms with Crippen LogP contribution in [0.15, 0.2) is 66.7 Å². The van der Waals surface area contributed by atoms with Gasteiger partial charge in [0.15, 0.2) is 0 Å². The highest BCUT2D eigenvalue weighted by molar-refractivity contribution is 5.71. The molecule has 0 saturated heterocycles. The number of hydrogen-bond acceptors (Lipinski definition) is 4. The Morgan fingerprint density at radius 1 is 0.690 bits per heavy atom. The molecule has 6 N–H and O–H groups in total. The number of rotatable bonds is 6. The summed E-state index contributed by atoms with van der Waals surface area (Å²) in [7, 11) is 0. The fraction of sp³-hybridized carbons (Fsp3) is 0.0909. The zero-order valence-electron chi connectivity index (χ0n) is 15.6. The maximum Gasteiger partial charge on any atom is 0.279 e. The third-order valence-electron chi connectivity index (χ3n) is 4.31. The second-order valence-electron chi connectivity index (χ2n) is 6.39. The number of nitrogens with one attached hydrogen (secondary N) is 2. The average Bonchev–Trinajstić information content (AvgIpc) is 2.71. The predicted octanol–water partition coefficient (Wildman–Crippen LogP) is 3.98. The van der Waals surface area contributed by atoms with E-state index in [9.17, 15) is 4.39 Å². The lowest BCUT2D eigenvalue weighted by atomic mass is 9.98. The van der Waals surface area contributed by atoms with Crippen molar-refractivity contribution >= 4 is 12.0 Å². The van der Waals surface area contributed by atoms with Gasteiger partial charge in [-0.2, -0.15) is 0 Å². The number of halogens is 1. The number of hydrogen-bond donors (Lipinski definition) is 4. The molecule has 148 valence electrons. The van der Waals surface area contributed by atoms with Gasteiger partial charge in [0.1, 0.15) is 19.0 Å². The van der Waals surface area contributed by atoms with E-state index in [4.69, 9.17) is 31.8 Å². The van der Waals surface area contributed by atoms with E-state index in [0.717, 1.165) is 22.3 Å². The fourth-order valence-electron chi connectivity index (χ4n) is 2.84. The van der Waals surface area contributed by atoms with Crippen LogP contribution >= 0.6 is 0 Å². The lowest BCUT2D eigenvalue weighted by Crippen LogP contribution is -2.13. The van der Waals surface area contributed by atoms with Gasteiger partial charge in [-0.25, -0.2) is 4.39 Å². The topological polar surface area (TPSA) is 118 Å². The molecule has 3 aromatic carbocycles. The van der Waals surface area contributed by atoms with E-state index in [-0.39, 0.29) is 25.1 Å². The summed E-state index contributed by atoms with van der Waals surface area (Å²) in [6, 6.07) is 19.4. The van der Waals surface area contributed by atoms with E-state index in [0.29, 0.717) is 11.1 Å². The van der Waals surface area contributed by atoms with Crippen molar-refractivity contribution in [1.82, 2.24) is 0 Å². The molecule has 6 nitrogen and oxygen atoms in total. The molecule has 0 aromatic heterocycles. The third kappa shape index (κ3) is 5.32. The van der Waals surface area contributed by atoms with Crippen molar-refractivity contribution < 1.29 is 13.9 Å². The van der Waals surface area contributed by atoms with Crippen LogP contribution in [0.2, 0.25) is 0 Å². The number of benzene rings is 3. The van der Waals surface area contributed by atoms with Crippen LogP contribution in [0, 0.1) is 16.6 Å². The second-order valence-corrected chi connectivity index (χ2v) is 6.39. The Balaban J connectivity index is 1.73. The summed E-state index contributed by atoms with van der Waals surface area (Å²) in [6.07, 6.45) is 0. The van der Waals surface area contributed by atoms with E-state index in [1.807, 2.05) is 48.5 Å². The molecule has 0 atom stereocenters. The first kappa shape index (κ1) is 19.9. The van der Waals surface area contributed by atoms with Crippen molar-refractivity contribution in [1.29, 1.82) is 10.8 Å². The molecule has 0 radical (unpaired) electrons. The van der Waals surface area contributed by atoms with Crippen molar-refractivity contribution in [2.75, 3.05) is 0 Å². The zero-order chi connectivity index (χ0) is 20.8. The molecule has 0 heterocycles. The third-order valence-corrected chi connectivity index (χ3v) is 4.31. The number of amidine groups is 2. The molecule has 0 aliphatic heterocycles. The summed E-state index contributed by atoms with van der Waals surface area (Å²) in [4.78, 5) is 0. The Morgan fingerprint density at radius 3 is 1.66 bits per heavy atom. The van der Waals surface area contributed by atoms with Crippen LogP contribution in [0.4, 0.5) is 4.39 Å². The highest BCUT2D eigenvalue weighted by Crippen LogP contribution is 2.27. The highest BCUT2D eigenvalue weighted by atomic mass is 19.1. The van der Waals surface area contributed by atoms with Crippen molar-refractivity contribution in [3.05, 3.63) is 83.7 Å². The van der Waals surface area contributed by atoms with Gasteiger partial charge in [0.2, 0.25) is 0 Å². The van der Waals surface area contributed by atoms with E-state index in [1.165, 1.54) is 6.07 Å². The lowest BCUT2D eigenvalue weighted by Gasteiger charge is -2.09. The minimum absolute atomic E-state index is 0.0545. The number of nitrogens with two attached hydrogens (primary N) is 2. The Bertz CT molecular complexity index is 1020. The largest absolute Gasteiger partial charge is 0.461 e. The Morgan fingerprint density at radius 2 is 1.14 bits per heavy atom. The highest BCUT2D eigenvalue weighted by Gasteiger charge is 2.08. The van der Waals surface area contributed by atoms with Gasteiger partial charge in [-0.3, -0.25) is 10.8 Å². The van der Waals surface area contributed by atoms with Crippen molar-refractivity contribution in [2.45, 2.75) is 13.2 Å². The minimum Gasteiger partial charge on any atom is -0.461 e. The fourth-order valence-corrected chi connectivity index (χ4v) is 2.84. The maximum atomic E-state index is 14.5. The lowest BCUT2D eigenvalue weighted by molar-refractivity contribution is 0.284. The van der Waals surface area contributed by atoms with Crippen molar-refractivity contribution in [2.24, 2.45) is 11.5 Å². The normalized spacial score (nSPS) is 10.4. The molecule has 0 saturated carbocycles. The first-order valence-corrected chi connectivity index (χ1v) is 8.84. The monoisotopic (exact) mass is 392 g/mol. The van der Waals surface area contributed by atoms with Crippen LogP contribution in [0.3, 0.4) is 0 Å². The molecule has 0 aliphatic carbocycles. The van der Waals surface area contributed by atoms with Crippen LogP contribution in [0.5, 0.6) is 0 Å². The van der Waals surface area contributed by atoms with Gasteiger partial charge in [0, 0.05) is 5.56 Å². The molecular formula is C22H21FN4O2. The molecule has 3 rings (SSSR count). The predicted molar refractivity (Wildman–Crippen MR) is 111 cm³/mol. The molecule has 7 heteroatoms. The van der Waals surface area contributed by atoms with Crippen LogP contribution in [-0.2, 0) is 22.7 Å². The summed E-state index contributed by atoms with van der Waals surface area (Å²) < 4.78 is 24.4. The molecule has 0 amide bonds. The Labute approximate surface area is 167 Å². The first-order chi connectivity index (χ1) is 13.9. The smallest absolute Gasteiger partial charge is 0.279 e. The van der Waals surface area contributed by atoms with Crippen molar-refractivity contribution in [3.8, 4) is 22.3 Å². The van der Waals surface area contributed by atoms with Gasteiger partial charge in [-0.05, 0) is 33.9 Å². The van der Waals surface area contributed by atoms with E-state index in [1.54, 1.807) is 12.1 Å². The maximum absolute atomic E-state index is 14.5. The van der Waals surface area contributed by atoms with Crippen LogP contribution < -0.4 is 11.5 Å². The SMILES string of the molecule is N=C(N)OCc1ccc(-c2ccc(-c3ccc(COC(=N)N)cc3F)cc2)cc1. The molecule has 0 bridgehead atoms. The van der Waals surface area contributed by atoms with Crippen molar-refractivity contribution in [3.63, 3.8) is 0 Å². The summed E-state index contributed by atoms with van der Waals surface area (Å²) in [6.45, 7) is 0.306. The summed E-state index contributed by atoms with van der Waals surface area (Å²) in [5, 5.41) is 14.1. The average molecular weight is 392 g/mol. The van der Waals surface area contributed by atoms with E-state index < -0.39 is 6.02 Å². The summed E-state index contributed by atoms with van der Waals surface area (Å²) >= 11 is 0. The second kappa shape index (κ2) is 8.88. The molecule has 0 fully saturated rings. The van der Waals surface area contributed by atoms with Gasteiger partial charge in [-0.1, -0.05) is 60.7 Å². The van der Waals surface area contributed by atoms with Gasteiger partial charge in [-0.15, -0.1) is 0 Å². The van der Waals surface area contributed by atoms with Gasteiger partial charge < -0.3 is 20.9 Å². The molecule has 0 unspecified atom stereocenters. The molecule has 0 spiro atoms. The molecule has 3 aromatic rings. The molecule has 0 aliphatic rings. The molecule has 29 heavy (non-hydrogen) atoms. The van der Waals surface area contributed by atoms with Gasteiger partial charge in [0.25, 0.3) is 12.0 Å². The summed E-state index contributed by atoms with van der Waals surface area (Å²) in [5.41, 5.74) is 15.1. The minimum atomic E-state index is -0.399. The Kier molecular flexibility index (Phi) is 6.09.